The maximum absolute atomic E-state index is 12.2. The first kappa shape index (κ1) is 21.0. The van der Waals surface area contributed by atoms with E-state index >= 15 is 0 Å². The van der Waals surface area contributed by atoms with Crippen LogP contribution in [-0.2, 0) is 9.59 Å². The maximum Gasteiger partial charge on any atom is 0.220 e. The zero-order valence-corrected chi connectivity index (χ0v) is 17.6. The first-order chi connectivity index (χ1) is 14.0. The van der Waals surface area contributed by atoms with Crippen molar-refractivity contribution in [1.29, 1.82) is 0 Å². The van der Waals surface area contributed by atoms with Crippen molar-refractivity contribution in [3.63, 3.8) is 0 Å². The summed E-state index contributed by atoms with van der Waals surface area (Å²) in [5.74, 6) is -0.303. The van der Waals surface area contributed by atoms with Gasteiger partial charge in [0, 0.05) is 49.0 Å². The minimum atomic E-state index is -0.237. The molecule has 1 atom stereocenters. The molecule has 0 spiro atoms. The number of carbonyl (C=O) groups is 3. The molecule has 29 heavy (non-hydrogen) atoms. The van der Waals surface area contributed by atoms with E-state index in [0.717, 1.165) is 16.3 Å². The molecule has 0 aliphatic rings. The first-order valence-corrected chi connectivity index (χ1v) is 11.0. The van der Waals surface area contributed by atoms with E-state index in [2.05, 4.69) is 15.3 Å². The number of hydrogen-bond acceptors (Lipinski definition) is 7. The lowest BCUT2D eigenvalue weighted by molar-refractivity contribution is -0.125. The Labute approximate surface area is 177 Å². The van der Waals surface area contributed by atoms with Crippen molar-refractivity contribution >= 4 is 40.1 Å². The first-order valence-electron chi connectivity index (χ1n) is 9.26. The quantitative estimate of drug-likeness (QED) is 0.483. The van der Waals surface area contributed by atoms with Crippen LogP contribution in [0.15, 0.2) is 47.4 Å². The molecule has 3 heterocycles. The second-order valence-electron chi connectivity index (χ2n) is 6.54. The van der Waals surface area contributed by atoms with Crippen molar-refractivity contribution in [1.82, 2.24) is 15.3 Å². The van der Waals surface area contributed by atoms with Crippen LogP contribution in [0.3, 0.4) is 0 Å². The number of nitrogens with zero attached hydrogens (tertiary/aromatic N) is 2. The van der Waals surface area contributed by atoms with Crippen molar-refractivity contribution in [2.75, 3.05) is 0 Å². The Balaban J connectivity index is 1.41. The molecular weight excluding hydrogens is 406 g/mol. The Hall–Kier alpha value is -2.71. The van der Waals surface area contributed by atoms with Crippen molar-refractivity contribution in [2.45, 2.75) is 38.6 Å². The third kappa shape index (κ3) is 6.13. The molecule has 0 aliphatic heterocycles. The van der Waals surface area contributed by atoms with E-state index < -0.39 is 0 Å². The highest BCUT2D eigenvalue weighted by Crippen LogP contribution is 2.25. The fourth-order valence-corrected chi connectivity index (χ4v) is 4.24. The molecular formula is C21H21N3O3S2. The molecule has 1 amide bonds. The molecule has 3 rings (SSSR count). The van der Waals surface area contributed by atoms with Gasteiger partial charge in [-0.1, -0.05) is 6.07 Å². The zero-order chi connectivity index (χ0) is 20.6. The number of rotatable bonds is 10. The van der Waals surface area contributed by atoms with Crippen LogP contribution in [0.2, 0.25) is 0 Å². The van der Waals surface area contributed by atoms with Crippen LogP contribution in [0, 0.1) is 0 Å². The van der Waals surface area contributed by atoms with Gasteiger partial charge in [-0.05, 0) is 30.5 Å². The van der Waals surface area contributed by atoms with Crippen molar-refractivity contribution in [2.24, 2.45) is 0 Å². The van der Waals surface area contributed by atoms with E-state index in [0.29, 0.717) is 4.88 Å². The molecule has 0 aromatic carbocycles. The van der Waals surface area contributed by atoms with Gasteiger partial charge < -0.3 is 5.32 Å². The Kier molecular flexibility index (Phi) is 7.37. The molecule has 0 saturated carbocycles. The number of aromatic nitrogens is 2. The van der Waals surface area contributed by atoms with Crippen LogP contribution in [0.4, 0.5) is 0 Å². The molecule has 0 saturated heterocycles. The van der Waals surface area contributed by atoms with E-state index in [1.807, 2.05) is 35.9 Å². The van der Waals surface area contributed by atoms with E-state index in [9.17, 15) is 14.4 Å². The van der Waals surface area contributed by atoms with Gasteiger partial charge in [0.25, 0.3) is 0 Å². The molecule has 3 aromatic heterocycles. The van der Waals surface area contributed by atoms with E-state index in [4.69, 9.17) is 0 Å². The number of hydrogen-bond donors (Lipinski definition) is 1. The Morgan fingerprint density at radius 2 is 1.79 bits per heavy atom. The summed E-state index contributed by atoms with van der Waals surface area (Å²) >= 11 is 2.85. The van der Waals surface area contributed by atoms with Gasteiger partial charge in [-0.2, -0.15) is 0 Å². The van der Waals surface area contributed by atoms with Crippen molar-refractivity contribution in [3.05, 3.63) is 57.3 Å². The molecule has 1 N–H and O–H groups in total. The fraction of sp³-hybridized carbons (Fsp3) is 0.286. The van der Waals surface area contributed by atoms with E-state index in [-0.39, 0.29) is 49.2 Å². The van der Waals surface area contributed by atoms with Crippen LogP contribution in [0.1, 0.15) is 53.3 Å². The van der Waals surface area contributed by atoms with Crippen LogP contribution in [-0.4, -0.2) is 27.4 Å². The molecule has 3 aromatic rings. The molecule has 6 nitrogen and oxygen atoms in total. The molecule has 150 valence electrons. The number of Topliss-reactive ketones (excluding diaryl/α,β-unsaturated/α-hetero) is 2. The molecule has 1 unspecified atom stereocenters. The standard InChI is InChI=1S/C21H21N3O3S2/c1-14(21-24-17(13-29-21)15-8-10-22-11-9-15)23-20(27)7-5-16(25)4-6-18(26)19-3-2-12-28-19/h2-3,8-14H,4-7H2,1H3,(H,23,27). The maximum atomic E-state index is 12.2. The minimum Gasteiger partial charge on any atom is -0.347 e. The Bertz CT molecular complexity index is 968. The number of nitrogens with one attached hydrogen (secondary N) is 1. The van der Waals surface area contributed by atoms with Gasteiger partial charge in [0.05, 0.1) is 16.6 Å². The zero-order valence-electron chi connectivity index (χ0n) is 16.0. The Morgan fingerprint density at radius 3 is 2.52 bits per heavy atom. The average molecular weight is 428 g/mol. The molecule has 8 heteroatoms. The van der Waals surface area contributed by atoms with Gasteiger partial charge in [0.2, 0.25) is 5.91 Å². The van der Waals surface area contributed by atoms with Crippen LogP contribution in [0.25, 0.3) is 11.3 Å². The van der Waals surface area contributed by atoms with Gasteiger partial charge in [-0.3, -0.25) is 19.4 Å². The van der Waals surface area contributed by atoms with Gasteiger partial charge in [-0.15, -0.1) is 22.7 Å². The Morgan fingerprint density at radius 1 is 1.03 bits per heavy atom. The highest BCUT2D eigenvalue weighted by molar-refractivity contribution is 7.12. The van der Waals surface area contributed by atoms with Crippen LogP contribution in [0.5, 0.6) is 0 Å². The molecule has 0 aliphatic carbocycles. The van der Waals surface area contributed by atoms with Gasteiger partial charge in [-0.25, -0.2) is 4.98 Å². The number of carbonyl (C=O) groups excluding carboxylic acids is 3. The lowest BCUT2D eigenvalue weighted by Gasteiger charge is -2.11. The summed E-state index contributed by atoms with van der Waals surface area (Å²) in [6.45, 7) is 1.87. The highest BCUT2D eigenvalue weighted by Gasteiger charge is 2.16. The van der Waals surface area contributed by atoms with Gasteiger partial charge >= 0.3 is 0 Å². The molecule has 0 radical (unpaired) electrons. The second-order valence-corrected chi connectivity index (χ2v) is 8.37. The summed E-state index contributed by atoms with van der Waals surface area (Å²) in [7, 11) is 0. The summed E-state index contributed by atoms with van der Waals surface area (Å²) in [5.41, 5.74) is 1.82. The monoisotopic (exact) mass is 427 g/mol. The van der Waals surface area contributed by atoms with Crippen molar-refractivity contribution in [3.8, 4) is 11.3 Å². The summed E-state index contributed by atoms with van der Waals surface area (Å²) in [5, 5.41) is 7.47. The predicted molar refractivity (Wildman–Crippen MR) is 114 cm³/mol. The fourth-order valence-electron chi connectivity index (χ4n) is 2.71. The number of pyridine rings is 1. The summed E-state index contributed by atoms with van der Waals surface area (Å²) in [6, 6.07) is 7.10. The SMILES string of the molecule is CC(NC(=O)CCC(=O)CCC(=O)c1cccs1)c1nc(-c2ccncc2)cs1. The number of ketones is 2. The van der Waals surface area contributed by atoms with E-state index in [1.54, 1.807) is 18.5 Å². The summed E-state index contributed by atoms with van der Waals surface area (Å²) < 4.78 is 0. The lowest BCUT2D eigenvalue weighted by atomic mass is 10.1. The largest absolute Gasteiger partial charge is 0.347 e. The third-order valence-electron chi connectivity index (χ3n) is 4.30. The number of thiophene rings is 1. The molecule has 0 bridgehead atoms. The lowest BCUT2D eigenvalue weighted by Crippen LogP contribution is -2.26. The van der Waals surface area contributed by atoms with Crippen LogP contribution >= 0.6 is 22.7 Å². The minimum absolute atomic E-state index is 0.0276. The molecule has 0 fully saturated rings. The second kappa shape index (κ2) is 10.2. The van der Waals surface area contributed by atoms with E-state index in [1.165, 1.54) is 22.7 Å². The number of thiazole rings is 1. The highest BCUT2D eigenvalue weighted by atomic mass is 32.1. The topological polar surface area (TPSA) is 89.0 Å². The normalized spacial score (nSPS) is 11.8. The van der Waals surface area contributed by atoms with Crippen LogP contribution < -0.4 is 5.32 Å². The van der Waals surface area contributed by atoms with Crippen molar-refractivity contribution < 1.29 is 14.4 Å². The summed E-state index contributed by atoms with van der Waals surface area (Å²) in [4.78, 5) is 45.3. The smallest absolute Gasteiger partial charge is 0.220 e. The predicted octanol–water partition coefficient (Wildman–Crippen LogP) is 4.46. The van der Waals surface area contributed by atoms with Gasteiger partial charge in [0.1, 0.15) is 10.8 Å². The third-order valence-corrected chi connectivity index (χ3v) is 6.24. The summed E-state index contributed by atoms with van der Waals surface area (Å²) in [6.07, 6.45) is 4.03. The van der Waals surface area contributed by atoms with Gasteiger partial charge in [0.15, 0.2) is 5.78 Å². The average Bonchev–Trinajstić information content (AvgIpc) is 3.43. The number of amides is 1.